The normalized spacial score (nSPS) is 18.6. The van der Waals surface area contributed by atoms with Gasteiger partial charge in [0, 0.05) is 7.11 Å². The van der Waals surface area contributed by atoms with Crippen molar-refractivity contribution >= 4 is 31.8 Å². The van der Waals surface area contributed by atoms with E-state index in [1.807, 2.05) is 0 Å². The van der Waals surface area contributed by atoms with Gasteiger partial charge in [-0.15, -0.1) is 0 Å². The van der Waals surface area contributed by atoms with Crippen LogP contribution in [0.4, 0.5) is 0 Å². The van der Waals surface area contributed by atoms with E-state index in [9.17, 15) is 9.46 Å². The molecule has 0 saturated heterocycles. The first-order valence-electron chi connectivity index (χ1n) is 6.45. The molecule has 0 rings (SSSR count). The van der Waals surface area contributed by atoms with E-state index in [0.717, 1.165) is 0 Å². The topological polar surface area (TPSA) is 46.5 Å². The lowest BCUT2D eigenvalue weighted by Gasteiger charge is -2.59. The molecule has 0 fully saturated rings. The zero-order valence-electron chi connectivity index (χ0n) is 13.7. The molecule has 0 aliphatic heterocycles. The maximum absolute atomic E-state index is 13.0. The molecule has 0 aromatic rings. The van der Waals surface area contributed by atoms with Crippen molar-refractivity contribution in [2.45, 2.75) is 62.9 Å². The third-order valence-corrected chi connectivity index (χ3v) is 33.9. The first kappa shape index (κ1) is 18.8. The standard InChI is InChI=1S/C11H31O3PSi3/c1-14-15(12,13)11(16(2,3)4,17(5,6)7)18(8,9)10/h1-10H3,(H,12,13). The number of hydrogen-bond donors (Lipinski definition) is 1. The molecule has 110 valence electrons. The van der Waals surface area contributed by atoms with Crippen molar-refractivity contribution in [2.75, 3.05) is 7.11 Å². The molecule has 0 amide bonds. The fourth-order valence-electron chi connectivity index (χ4n) is 4.78. The highest BCUT2D eigenvalue weighted by Gasteiger charge is 2.69. The molecule has 0 aromatic heterocycles. The Kier molecular flexibility index (Phi) is 5.19. The Labute approximate surface area is 116 Å². The smallest absolute Gasteiger partial charge is 0.325 e. The van der Waals surface area contributed by atoms with Crippen LogP contribution in [0.3, 0.4) is 0 Å². The van der Waals surface area contributed by atoms with Gasteiger partial charge < -0.3 is 9.42 Å². The van der Waals surface area contributed by atoms with Gasteiger partial charge in [-0.1, -0.05) is 58.9 Å². The highest BCUT2D eigenvalue weighted by atomic mass is 31.2. The zero-order chi connectivity index (χ0) is 15.2. The van der Waals surface area contributed by atoms with Crippen LogP contribution in [0.5, 0.6) is 0 Å². The Morgan fingerprint density at radius 3 is 1.11 bits per heavy atom. The predicted octanol–water partition coefficient (Wildman–Crippen LogP) is 4.19. The van der Waals surface area contributed by atoms with Crippen LogP contribution < -0.4 is 0 Å². The molecule has 0 aliphatic rings. The molecule has 1 atom stereocenters. The highest BCUT2D eigenvalue weighted by Crippen LogP contribution is 2.66. The highest BCUT2D eigenvalue weighted by molar-refractivity contribution is 7.67. The second kappa shape index (κ2) is 4.97. The van der Waals surface area contributed by atoms with E-state index in [4.69, 9.17) is 4.52 Å². The largest absolute Gasteiger partial charge is 0.325 e. The molecule has 0 bridgehead atoms. The second-order valence-corrected chi connectivity index (χ2v) is 28.8. The molecule has 0 heterocycles. The van der Waals surface area contributed by atoms with Gasteiger partial charge in [-0.2, -0.15) is 0 Å². The van der Waals surface area contributed by atoms with Gasteiger partial charge in [0.1, 0.15) is 0 Å². The van der Waals surface area contributed by atoms with Crippen LogP contribution in [-0.4, -0.2) is 40.3 Å². The van der Waals surface area contributed by atoms with Crippen LogP contribution in [0.25, 0.3) is 0 Å². The van der Waals surface area contributed by atoms with Gasteiger partial charge in [-0.05, 0) is 0 Å². The third-order valence-electron chi connectivity index (χ3n) is 3.93. The van der Waals surface area contributed by atoms with E-state index >= 15 is 0 Å². The van der Waals surface area contributed by atoms with E-state index in [0.29, 0.717) is 0 Å². The van der Waals surface area contributed by atoms with Crippen molar-refractivity contribution in [3.8, 4) is 0 Å². The summed E-state index contributed by atoms with van der Waals surface area (Å²) in [6, 6.07) is 0. The molecular weight excluding hydrogens is 295 g/mol. The van der Waals surface area contributed by atoms with Gasteiger partial charge in [-0.25, -0.2) is 0 Å². The van der Waals surface area contributed by atoms with E-state index in [2.05, 4.69) is 58.9 Å². The minimum absolute atomic E-state index is 0.436. The molecule has 0 aromatic carbocycles. The van der Waals surface area contributed by atoms with Crippen molar-refractivity contribution in [3.63, 3.8) is 0 Å². The van der Waals surface area contributed by atoms with Crippen LogP contribution in [0.15, 0.2) is 0 Å². The monoisotopic (exact) mass is 326 g/mol. The summed E-state index contributed by atoms with van der Waals surface area (Å²) in [5.74, 6) is 0. The lowest BCUT2D eigenvalue weighted by Crippen LogP contribution is -2.76. The Bertz CT molecular complexity index is 314. The number of hydrogen-bond acceptors (Lipinski definition) is 2. The van der Waals surface area contributed by atoms with Gasteiger partial charge in [0.2, 0.25) is 0 Å². The average molecular weight is 327 g/mol. The maximum Gasteiger partial charge on any atom is 0.325 e. The molecule has 1 unspecified atom stereocenters. The summed E-state index contributed by atoms with van der Waals surface area (Å²) in [6.45, 7) is 20.0. The predicted molar refractivity (Wildman–Crippen MR) is 89.6 cm³/mol. The van der Waals surface area contributed by atoms with E-state index in [-0.39, 0.29) is 0 Å². The van der Waals surface area contributed by atoms with E-state index in [1.54, 1.807) is 0 Å². The summed E-state index contributed by atoms with van der Waals surface area (Å²) >= 11 is 0. The van der Waals surface area contributed by atoms with Gasteiger partial charge in [0.05, 0.1) is 28.2 Å². The molecule has 0 spiro atoms. The van der Waals surface area contributed by atoms with Crippen LogP contribution in [0.2, 0.25) is 58.9 Å². The lowest BCUT2D eigenvalue weighted by molar-refractivity contribution is 0.313. The second-order valence-electron chi connectivity index (χ2n) is 8.16. The molecule has 0 saturated carbocycles. The Hall–Kier alpha value is 0.801. The first-order valence-corrected chi connectivity index (χ1v) is 18.5. The fourth-order valence-corrected chi connectivity index (χ4v) is 43.1. The summed E-state index contributed by atoms with van der Waals surface area (Å²) in [5, 5.41) is 0. The first-order chi connectivity index (χ1) is 7.56. The number of rotatable bonds is 5. The minimum atomic E-state index is -3.59. The van der Waals surface area contributed by atoms with Crippen LogP contribution in [0.1, 0.15) is 0 Å². The molecule has 3 nitrogen and oxygen atoms in total. The molecule has 0 radical (unpaired) electrons. The fraction of sp³-hybridized carbons (Fsp3) is 1.00. The Morgan fingerprint density at radius 1 is 0.833 bits per heavy atom. The zero-order valence-corrected chi connectivity index (χ0v) is 17.6. The third kappa shape index (κ3) is 2.65. The van der Waals surface area contributed by atoms with Crippen molar-refractivity contribution < 1.29 is 14.0 Å². The molecule has 1 N–H and O–H groups in total. The summed E-state index contributed by atoms with van der Waals surface area (Å²) in [4.78, 5) is 10.7. The summed E-state index contributed by atoms with van der Waals surface area (Å²) < 4.78 is 17.7. The summed E-state index contributed by atoms with van der Waals surface area (Å²) in [6.07, 6.45) is 0. The summed E-state index contributed by atoms with van der Waals surface area (Å²) in [7, 11) is -7.83. The van der Waals surface area contributed by atoms with Crippen molar-refractivity contribution in [3.05, 3.63) is 0 Å². The molecule has 0 aliphatic carbocycles. The summed E-state index contributed by atoms with van der Waals surface area (Å²) in [5.41, 5.74) is 0. The van der Waals surface area contributed by atoms with Gasteiger partial charge in [0.25, 0.3) is 0 Å². The minimum Gasteiger partial charge on any atom is -0.325 e. The Morgan fingerprint density at radius 2 is 1.06 bits per heavy atom. The van der Waals surface area contributed by atoms with Crippen LogP contribution in [0, 0.1) is 0 Å². The van der Waals surface area contributed by atoms with Gasteiger partial charge >= 0.3 is 7.60 Å². The van der Waals surface area contributed by atoms with Gasteiger partial charge in [-0.3, -0.25) is 4.57 Å². The van der Waals surface area contributed by atoms with Gasteiger partial charge in [0.15, 0.2) is 0 Å². The quantitative estimate of drug-likeness (QED) is 0.608. The van der Waals surface area contributed by atoms with Crippen LogP contribution >= 0.6 is 7.60 Å². The molecule has 18 heavy (non-hydrogen) atoms. The SMILES string of the molecule is COP(=O)(O)C([Si](C)(C)C)([Si](C)(C)C)[Si](C)(C)C. The molecule has 7 heteroatoms. The van der Waals surface area contributed by atoms with Crippen LogP contribution in [-0.2, 0) is 9.09 Å². The Balaban J connectivity index is 6.58. The maximum atomic E-state index is 13.0. The average Bonchev–Trinajstić information content (AvgIpc) is 1.94. The van der Waals surface area contributed by atoms with Crippen molar-refractivity contribution in [1.82, 2.24) is 0 Å². The lowest BCUT2D eigenvalue weighted by atomic mass is 11.6. The van der Waals surface area contributed by atoms with E-state index < -0.39 is 35.8 Å². The van der Waals surface area contributed by atoms with Crippen molar-refractivity contribution in [1.29, 1.82) is 0 Å². The van der Waals surface area contributed by atoms with Crippen molar-refractivity contribution in [2.24, 2.45) is 0 Å². The molecular formula is C11H31O3PSi3. The van der Waals surface area contributed by atoms with E-state index in [1.165, 1.54) is 7.11 Å².